The van der Waals surface area contributed by atoms with Crippen molar-refractivity contribution in [1.82, 2.24) is 9.97 Å². The highest BCUT2D eigenvalue weighted by atomic mass is 16.6. The van der Waals surface area contributed by atoms with Gasteiger partial charge in [0.15, 0.2) is 6.23 Å². The summed E-state index contributed by atoms with van der Waals surface area (Å²) in [5.74, 6) is 0. The average Bonchev–Trinajstić information content (AvgIpc) is 2.98. The number of hydrogen-bond donors (Lipinski definition) is 1. The molecule has 5 nitrogen and oxygen atoms in total. The molecule has 5 heteroatoms. The first-order valence-electron chi connectivity index (χ1n) is 4.61. The Morgan fingerprint density at radius 1 is 1.50 bits per heavy atom. The van der Waals surface area contributed by atoms with Crippen molar-refractivity contribution >= 4 is 5.69 Å². The molecule has 0 amide bonds. The van der Waals surface area contributed by atoms with Crippen molar-refractivity contribution in [2.24, 2.45) is 0 Å². The minimum Gasteiger partial charge on any atom is -0.467 e. The van der Waals surface area contributed by atoms with E-state index in [4.69, 9.17) is 9.47 Å². The van der Waals surface area contributed by atoms with Gasteiger partial charge in [0, 0.05) is 0 Å². The zero-order valence-electron chi connectivity index (χ0n) is 8.23. The Hall–Kier alpha value is -1.36. The summed E-state index contributed by atoms with van der Waals surface area (Å²) in [6.07, 6.45) is 4.84. The third-order valence-electron chi connectivity index (χ3n) is 2.10. The summed E-state index contributed by atoms with van der Waals surface area (Å²) < 4.78 is 10.2. The van der Waals surface area contributed by atoms with Crippen molar-refractivity contribution in [2.45, 2.75) is 25.7 Å². The average molecular weight is 195 g/mol. The first-order chi connectivity index (χ1) is 6.83. The van der Waals surface area contributed by atoms with E-state index in [1.54, 1.807) is 19.5 Å². The SMILES string of the molecule is CCC1OC1Nc1cnc(OC)nc1. The van der Waals surface area contributed by atoms with Crippen LogP contribution in [0.4, 0.5) is 5.69 Å². The van der Waals surface area contributed by atoms with Crippen molar-refractivity contribution in [1.29, 1.82) is 0 Å². The number of epoxide rings is 1. The van der Waals surface area contributed by atoms with Crippen LogP contribution in [0.5, 0.6) is 6.01 Å². The lowest BCUT2D eigenvalue weighted by Gasteiger charge is -2.02. The number of ether oxygens (including phenoxy) is 2. The number of rotatable bonds is 4. The normalized spacial score (nSPS) is 24.4. The van der Waals surface area contributed by atoms with Gasteiger partial charge < -0.3 is 14.8 Å². The predicted molar refractivity (Wildman–Crippen MR) is 51.2 cm³/mol. The fourth-order valence-corrected chi connectivity index (χ4v) is 1.24. The lowest BCUT2D eigenvalue weighted by atomic mass is 10.3. The summed E-state index contributed by atoms with van der Waals surface area (Å²) in [4.78, 5) is 7.95. The molecule has 1 aromatic rings. The predicted octanol–water partition coefficient (Wildman–Crippen LogP) is 1.03. The molecule has 1 aromatic heterocycles. The molecule has 1 aliphatic rings. The number of nitrogens with one attached hydrogen (secondary N) is 1. The Labute approximate surface area is 82.5 Å². The van der Waals surface area contributed by atoms with E-state index in [1.165, 1.54) is 0 Å². The van der Waals surface area contributed by atoms with Gasteiger partial charge >= 0.3 is 6.01 Å². The van der Waals surface area contributed by atoms with Gasteiger partial charge in [0.25, 0.3) is 0 Å². The van der Waals surface area contributed by atoms with Crippen LogP contribution in [0.1, 0.15) is 13.3 Å². The third kappa shape index (κ3) is 1.93. The van der Waals surface area contributed by atoms with Crippen LogP contribution in [0.15, 0.2) is 12.4 Å². The van der Waals surface area contributed by atoms with Gasteiger partial charge in [-0.1, -0.05) is 6.92 Å². The molecule has 1 N–H and O–H groups in total. The van der Waals surface area contributed by atoms with E-state index in [1.807, 2.05) is 0 Å². The summed E-state index contributed by atoms with van der Waals surface area (Å²) in [6.45, 7) is 2.09. The lowest BCUT2D eigenvalue weighted by Crippen LogP contribution is -2.07. The quantitative estimate of drug-likeness (QED) is 0.727. The number of aromatic nitrogens is 2. The summed E-state index contributed by atoms with van der Waals surface area (Å²) >= 11 is 0. The third-order valence-corrected chi connectivity index (χ3v) is 2.10. The fraction of sp³-hybridized carbons (Fsp3) is 0.556. The topological polar surface area (TPSA) is 59.6 Å². The molecular weight excluding hydrogens is 182 g/mol. The Kier molecular flexibility index (Phi) is 2.49. The molecule has 14 heavy (non-hydrogen) atoms. The van der Waals surface area contributed by atoms with Crippen LogP contribution >= 0.6 is 0 Å². The molecule has 0 saturated carbocycles. The van der Waals surface area contributed by atoms with Gasteiger partial charge in [-0.05, 0) is 6.42 Å². The van der Waals surface area contributed by atoms with Gasteiger partial charge in [-0.3, -0.25) is 0 Å². The van der Waals surface area contributed by atoms with Crippen LogP contribution in [-0.4, -0.2) is 29.4 Å². The van der Waals surface area contributed by atoms with Crippen LogP contribution in [0.2, 0.25) is 0 Å². The zero-order valence-corrected chi connectivity index (χ0v) is 8.23. The minimum atomic E-state index is 0.122. The number of hydrogen-bond acceptors (Lipinski definition) is 5. The Morgan fingerprint density at radius 3 is 2.71 bits per heavy atom. The molecular formula is C9H13N3O2. The maximum absolute atomic E-state index is 5.33. The van der Waals surface area contributed by atoms with Crippen molar-refractivity contribution in [2.75, 3.05) is 12.4 Å². The van der Waals surface area contributed by atoms with Gasteiger partial charge in [0.05, 0.1) is 25.2 Å². The van der Waals surface area contributed by atoms with E-state index >= 15 is 0 Å². The molecule has 2 unspecified atom stereocenters. The Balaban J connectivity index is 1.91. The zero-order chi connectivity index (χ0) is 9.97. The molecule has 1 saturated heterocycles. The standard InChI is InChI=1S/C9H13N3O2/c1-3-7-8(14-7)12-6-4-10-9(13-2)11-5-6/h4-5,7-8,12H,3H2,1-2H3. The van der Waals surface area contributed by atoms with Crippen LogP contribution in [-0.2, 0) is 4.74 Å². The maximum atomic E-state index is 5.33. The van der Waals surface area contributed by atoms with Crippen molar-refractivity contribution in [3.63, 3.8) is 0 Å². The van der Waals surface area contributed by atoms with E-state index in [9.17, 15) is 0 Å². The molecule has 2 rings (SSSR count). The molecule has 0 radical (unpaired) electrons. The largest absolute Gasteiger partial charge is 0.467 e. The molecule has 0 aliphatic carbocycles. The molecule has 0 aromatic carbocycles. The summed E-state index contributed by atoms with van der Waals surface area (Å²) in [6, 6.07) is 0.374. The van der Waals surface area contributed by atoms with Crippen LogP contribution < -0.4 is 10.1 Å². The van der Waals surface area contributed by atoms with Gasteiger partial charge in [0.2, 0.25) is 0 Å². The molecule has 76 valence electrons. The van der Waals surface area contributed by atoms with E-state index in [-0.39, 0.29) is 6.23 Å². The highest BCUT2D eigenvalue weighted by molar-refractivity contribution is 5.40. The summed E-state index contributed by atoms with van der Waals surface area (Å²) in [5.41, 5.74) is 0.853. The van der Waals surface area contributed by atoms with E-state index < -0.39 is 0 Å². The molecule has 0 spiro atoms. The van der Waals surface area contributed by atoms with Crippen LogP contribution in [0.3, 0.4) is 0 Å². The fourth-order valence-electron chi connectivity index (χ4n) is 1.24. The van der Waals surface area contributed by atoms with Crippen molar-refractivity contribution < 1.29 is 9.47 Å². The molecule has 1 fully saturated rings. The molecule has 2 heterocycles. The Morgan fingerprint density at radius 2 is 2.21 bits per heavy atom. The highest BCUT2D eigenvalue weighted by Gasteiger charge is 2.36. The van der Waals surface area contributed by atoms with E-state index in [0.29, 0.717) is 12.1 Å². The molecule has 0 bridgehead atoms. The second-order valence-electron chi connectivity index (χ2n) is 3.11. The van der Waals surface area contributed by atoms with Crippen molar-refractivity contribution in [3.8, 4) is 6.01 Å². The minimum absolute atomic E-state index is 0.122. The number of methoxy groups -OCH3 is 1. The molecule has 2 atom stereocenters. The number of nitrogens with zero attached hydrogens (tertiary/aromatic N) is 2. The summed E-state index contributed by atoms with van der Waals surface area (Å²) in [7, 11) is 1.54. The second kappa shape index (κ2) is 3.79. The maximum Gasteiger partial charge on any atom is 0.316 e. The monoisotopic (exact) mass is 195 g/mol. The van der Waals surface area contributed by atoms with Gasteiger partial charge in [-0.2, -0.15) is 0 Å². The summed E-state index contributed by atoms with van der Waals surface area (Å²) in [5, 5.41) is 3.17. The second-order valence-corrected chi connectivity index (χ2v) is 3.11. The van der Waals surface area contributed by atoms with Crippen LogP contribution in [0.25, 0.3) is 0 Å². The van der Waals surface area contributed by atoms with Gasteiger partial charge in [-0.15, -0.1) is 0 Å². The number of anilines is 1. The first kappa shape index (κ1) is 9.21. The van der Waals surface area contributed by atoms with Gasteiger partial charge in [0.1, 0.15) is 6.10 Å². The Bertz CT molecular complexity index is 301. The lowest BCUT2D eigenvalue weighted by molar-refractivity contribution is 0.376. The van der Waals surface area contributed by atoms with Crippen molar-refractivity contribution in [3.05, 3.63) is 12.4 Å². The van der Waals surface area contributed by atoms with E-state index in [2.05, 4.69) is 22.2 Å². The molecule has 1 aliphatic heterocycles. The smallest absolute Gasteiger partial charge is 0.316 e. The van der Waals surface area contributed by atoms with Gasteiger partial charge in [-0.25, -0.2) is 9.97 Å². The highest BCUT2D eigenvalue weighted by Crippen LogP contribution is 2.26. The van der Waals surface area contributed by atoms with E-state index in [0.717, 1.165) is 12.1 Å². The van der Waals surface area contributed by atoms with Crippen LogP contribution in [0, 0.1) is 0 Å². The first-order valence-corrected chi connectivity index (χ1v) is 4.61.